The van der Waals surface area contributed by atoms with Gasteiger partial charge in [-0.3, -0.25) is 4.79 Å². The average molecular weight is 278 g/mol. The molecule has 0 amide bonds. The van der Waals surface area contributed by atoms with Gasteiger partial charge in [-0.2, -0.15) is 0 Å². The summed E-state index contributed by atoms with van der Waals surface area (Å²) in [4.78, 5) is 12.5. The van der Waals surface area contributed by atoms with Crippen molar-refractivity contribution in [2.45, 2.75) is 39.4 Å². The minimum atomic E-state index is -0.960. The number of Topliss-reactive ketones (excluding diaryl/α,β-unsaturated/α-hetero) is 1. The Morgan fingerprint density at radius 2 is 1.90 bits per heavy atom. The lowest BCUT2D eigenvalue weighted by atomic mass is 9.82. The van der Waals surface area contributed by atoms with E-state index in [2.05, 4.69) is 0 Å². The van der Waals surface area contributed by atoms with Crippen LogP contribution in [-0.4, -0.2) is 28.9 Å². The van der Waals surface area contributed by atoms with E-state index in [9.17, 15) is 15.0 Å². The van der Waals surface area contributed by atoms with Crippen molar-refractivity contribution in [1.82, 2.24) is 0 Å². The highest BCUT2D eigenvalue weighted by Gasteiger charge is 2.38. The second-order valence-corrected chi connectivity index (χ2v) is 5.71. The molecule has 3 atom stereocenters. The smallest absolute Gasteiger partial charge is 0.198 e. The maximum absolute atomic E-state index is 12.5. The first-order chi connectivity index (χ1) is 9.41. The van der Waals surface area contributed by atoms with Crippen molar-refractivity contribution >= 4 is 5.78 Å². The zero-order valence-corrected chi connectivity index (χ0v) is 11.8. The first-order valence-electron chi connectivity index (χ1n) is 6.83. The molecule has 1 aromatic carbocycles. The number of carbonyl (C=O) groups is 1. The fourth-order valence-electron chi connectivity index (χ4n) is 2.98. The predicted octanol–water partition coefficient (Wildman–Crippen LogP) is 2.12. The van der Waals surface area contributed by atoms with E-state index < -0.39 is 6.29 Å². The van der Waals surface area contributed by atoms with Crippen molar-refractivity contribution in [3.05, 3.63) is 16.7 Å². The number of fused-ring (bicyclic) bond motifs is 3. The van der Waals surface area contributed by atoms with Crippen LogP contribution >= 0.6 is 0 Å². The van der Waals surface area contributed by atoms with E-state index in [0.29, 0.717) is 35.5 Å². The van der Waals surface area contributed by atoms with Crippen LogP contribution in [0, 0.1) is 12.8 Å². The highest BCUT2D eigenvalue weighted by Crippen LogP contribution is 2.51. The zero-order chi connectivity index (χ0) is 14.6. The molecule has 0 saturated heterocycles. The second-order valence-electron chi connectivity index (χ2n) is 5.71. The summed E-state index contributed by atoms with van der Waals surface area (Å²) < 4.78 is 11.0. The van der Waals surface area contributed by atoms with Gasteiger partial charge in [-0.1, -0.05) is 13.8 Å². The fraction of sp³-hybridized carbons (Fsp3) is 0.533. The molecule has 0 aliphatic carbocycles. The number of aliphatic hydroxyl groups excluding tert-OH is 1. The number of phenols is 1. The topological polar surface area (TPSA) is 76.0 Å². The van der Waals surface area contributed by atoms with E-state index >= 15 is 0 Å². The average Bonchev–Trinajstić information content (AvgIpc) is 2.39. The fourth-order valence-corrected chi connectivity index (χ4v) is 2.98. The maximum atomic E-state index is 12.5. The number of benzene rings is 1. The molecule has 0 aromatic heterocycles. The van der Waals surface area contributed by atoms with Gasteiger partial charge < -0.3 is 19.7 Å². The number of phenolic OH excluding ortho intramolecular Hbond substituents is 1. The van der Waals surface area contributed by atoms with Crippen molar-refractivity contribution < 1.29 is 24.5 Å². The molecule has 0 fully saturated rings. The van der Waals surface area contributed by atoms with E-state index in [1.54, 1.807) is 6.92 Å². The normalized spacial score (nSPS) is 28.2. The molecular formula is C15H18O5. The molecule has 0 bridgehead atoms. The van der Waals surface area contributed by atoms with Gasteiger partial charge in [0.25, 0.3) is 0 Å². The minimum absolute atomic E-state index is 0.0115. The number of carbonyl (C=O) groups excluding carboxylic acids is 1. The van der Waals surface area contributed by atoms with Gasteiger partial charge in [-0.05, 0) is 12.8 Å². The van der Waals surface area contributed by atoms with Gasteiger partial charge in [-0.25, -0.2) is 0 Å². The molecule has 0 radical (unpaired) electrons. The monoisotopic (exact) mass is 278 g/mol. The summed E-state index contributed by atoms with van der Waals surface area (Å²) in [6.45, 7) is 5.74. The van der Waals surface area contributed by atoms with Crippen LogP contribution in [0.25, 0.3) is 0 Å². The van der Waals surface area contributed by atoms with Crippen LogP contribution in [0.3, 0.4) is 0 Å². The molecule has 5 nitrogen and oxygen atoms in total. The van der Waals surface area contributed by atoms with Crippen molar-refractivity contribution in [2.75, 3.05) is 6.61 Å². The summed E-state index contributed by atoms with van der Waals surface area (Å²) in [5, 5.41) is 20.0. The molecule has 0 unspecified atom stereocenters. The summed E-state index contributed by atoms with van der Waals surface area (Å²) in [6, 6.07) is 0. The number of aromatic hydroxyl groups is 1. The number of ether oxygens (including phenoxy) is 2. The summed E-state index contributed by atoms with van der Waals surface area (Å²) in [5.41, 5.74) is 1.65. The van der Waals surface area contributed by atoms with Gasteiger partial charge >= 0.3 is 0 Å². The third-order valence-corrected chi connectivity index (χ3v) is 4.13. The van der Waals surface area contributed by atoms with Crippen molar-refractivity contribution in [2.24, 2.45) is 5.92 Å². The standard InChI is InChI=1S/C15H18O5/c1-6-4-9(16)20-15-10(6)11-12(17)7(2)5-19-14(11)8(3)13(15)18/h6-7,9,16,18H,4-5H2,1-3H3/t6-,7+,9+/m1/s1. The quantitative estimate of drug-likeness (QED) is 0.760. The van der Waals surface area contributed by atoms with Crippen LogP contribution in [0.15, 0.2) is 0 Å². The second kappa shape index (κ2) is 4.38. The molecule has 5 heteroatoms. The van der Waals surface area contributed by atoms with Crippen LogP contribution in [-0.2, 0) is 0 Å². The van der Waals surface area contributed by atoms with E-state index in [0.717, 1.165) is 0 Å². The summed E-state index contributed by atoms with van der Waals surface area (Å²) in [6.07, 6.45) is -0.568. The molecule has 0 saturated carbocycles. The highest BCUT2D eigenvalue weighted by atomic mass is 16.6. The van der Waals surface area contributed by atoms with E-state index in [1.165, 1.54) is 0 Å². The predicted molar refractivity (Wildman–Crippen MR) is 71.5 cm³/mol. The number of hydrogen-bond acceptors (Lipinski definition) is 5. The van der Waals surface area contributed by atoms with E-state index in [-0.39, 0.29) is 29.1 Å². The number of hydrogen-bond donors (Lipinski definition) is 2. The van der Waals surface area contributed by atoms with Crippen molar-refractivity contribution in [3.63, 3.8) is 0 Å². The number of ketones is 1. The minimum Gasteiger partial charge on any atom is -0.504 e. The summed E-state index contributed by atoms with van der Waals surface area (Å²) >= 11 is 0. The third-order valence-electron chi connectivity index (χ3n) is 4.13. The Morgan fingerprint density at radius 3 is 2.60 bits per heavy atom. The molecule has 2 aliphatic rings. The molecule has 1 aromatic rings. The molecule has 2 heterocycles. The number of rotatable bonds is 0. The van der Waals surface area contributed by atoms with Crippen LogP contribution in [0.4, 0.5) is 0 Å². The Labute approximate surface area is 117 Å². The zero-order valence-electron chi connectivity index (χ0n) is 11.8. The van der Waals surface area contributed by atoms with Gasteiger partial charge in [-0.15, -0.1) is 0 Å². The first kappa shape index (κ1) is 13.2. The Kier molecular flexibility index (Phi) is 2.90. The summed E-state index contributed by atoms with van der Waals surface area (Å²) in [5.74, 6) is 0.348. The molecule has 0 spiro atoms. The van der Waals surface area contributed by atoms with Crippen molar-refractivity contribution in [3.8, 4) is 17.2 Å². The molecule has 20 heavy (non-hydrogen) atoms. The molecule has 3 rings (SSSR count). The maximum Gasteiger partial charge on any atom is 0.198 e. The Hall–Kier alpha value is -1.75. The van der Waals surface area contributed by atoms with Gasteiger partial charge in [0.1, 0.15) is 5.75 Å². The Balaban J connectivity index is 2.32. The van der Waals surface area contributed by atoms with E-state index in [4.69, 9.17) is 9.47 Å². The summed E-state index contributed by atoms with van der Waals surface area (Å²) in [7, 11) is 0. The highest BCUT2D eigenvalue weighted by molar-refractivity contribution is 6.04. The van der Waals surface area contributed by atoms with Crippen LogP contribution < -0.4 is 9.47 Å². The molecule has 2 aliphatic heterocycles. The van der Waals surface area contributed by atoms with Crippen LogP contribution in [0.2, 0.25) is 0 Å². The lowest BCUT2D eigenvalue weighted by molar-refractivity contribution is -0.0396. The number of aliphatic hydroxyl groups is 1. The van der Waals surface area contributed by atoms with E-state index in [1.807, 2.05) is 13.8 Å². The molecule has 108 valence electrons. The van der Waals surface area contributed by atoms with Gasteiger partial charge in [0.15, 0.2) is 23.6 Å². The molecule has 2 N–H and O–H groups in total. The third kappa shape index (κ3) is 1.69. The Morgan fingerprint density at radius 1 is 1.20 bits per heavy atom. The SMILES string of the molecule is Cc1c(O)c2c(c3c1OC[C@H](C)C3=O)[C@H](C)C[C@@H](O)O2. The first-order valence-corrected chi connectivity index (χ1v) is 6.83. The lowest BCUT2D eigenvalue weighted by Crippen LogP contribution is -2.31. The van der Waals surface area contributed by atoms with Crippen LogP contribution in [0.1, 0.15) is 47.7 Å². The largest absolute Gasteiger partial charge is 0.504 e. The van der Waals surface area contributed by atoms with Crippen LogP contribution in [0.5, 0.6) is 17.2 Å². The van der Waals surface area contributed by atoms with Gasteiger partial charge in [0.05, 0.1) is 18.1 Å². The van der Waals surface area contributed by atoms with Gasteiger partial charge in [0.2, 0.25) is 0 Å². The van der Waals surface area contributed by atoms with Crippen molar-refractivity contribution in [1.29, 1.82) is 0 Å². The lowest BCUT2D eigenvalue weighted by Gasteiger charge is -2.34. The molecular weight excluding hydrogens is 260 g/mol. The van der Waals surface area contributed by atoms with Gasteiger partial charge in [0, 0.05) is 17.5 Å². The Bertz CT molecular complexity index is 593.